The van der Waals surface area contributed by atoms with Gasteiger partial charge in [-0.05, 0) is 30.5 Å². The molecule has 0 unspecified atom stereocenters. The zero-order valence-electron chi connectivity index (χ0n) is 11.2. The van der Waals surface area contributed by atoms with Gasteiger partial charge >= 0.3 is 0 Å². The molecule has 4 heteroatoms. The van der Waals surface area contributed by atoms with E-state index in [4.69, 9.17) is 16.3 Å². The normalized spacial score (nSPS) is 11.6. The largest absolute Gasteiger partial charge is 0.494 e. The predicted octanol–water partition coefficient (Wildman–Crippen LogP) is 3.72. The molecule has 0 aromatic heterocycles. The molecule has 0 heterocycles. The molecular formula is C14H21ClFNO. The molecule has 1 aromatic carbocycles. The first-order valence-electron chi connectivity index (χ1n) is 6.24. The van der Waals surface area contributed by atoms with E-state index in [2.05, 4.69) is 19.2 Å². The summed E-state index contributed by atoms with van der Waals surface area (Å²) in [6.07, 6.45) is 1.90. The maximum Gasteiger partial charge on any atom is 0.165 e. The average Bonchev–Trinajstić information content (AvgIpc) is 2.41. The van der Waals surface area contributed by atoms with Gasteiger partial charge in [-0.2, -0.15) is 0 Å². The second kappa shape index (κ2) is 6.95. The highest BCUT2D eigenvalue weighted by Gasteiger charge is 2.23. The van der Waals surface area contributed by atoms with Gasteiger partial charge in [0.1, 0.15) is 0 Å². The molecule has 18 heavy (non-hydrogen) atoms. The first kappa shape index (κ1) is 15.3. The standard InChI is InChI=1S/C14H21ClFNO/c1-4-14(5-2,10-15)17-9-11-6-7-13(18-3)12(16)8-11/h6-8,17H,4-5,9-10H2,1-3H3. The van der Waals surface area contributed by atoms with Gasteiger partial charge < -0.3 is 10.1 Å². The number of hydrogen-bond acceptors (Lipinski definition) is 2. The molecule has 0 amide bonds. The molecule has 0 atom stereocenters. The molecular weight excluding hydrogens is 253 g/mol. The van der Waals surface area contributed by atoms with E-state index in [1.54, 1.807) is 6.07 Å². The number of ether oxygens (including phenoxy) is 1. The van der Waals surface area contributed by atoms with Crippen LogP contribution in [0, 0.1) is 5.82 Å². The van der Waals surface area contributed by atoms with Gasteiger partial charge in [0, 0.05) is 18.0 Å². The Bertz CT molecular complexity index is 372. The van der Waals surface area contributed by atoms with Gasteiger partial charge in [-0.3, -0.25) is 0 Å². The van der Waals surface area contributed by atoms with Gasteiger partial charge in [-0.15, -0.1) is 11.6 Å². The Labute approximate surface area is 113 Å². The Balaban J connectivity index is 2.71. The second-order valence-corrected chi connectivity index (χ2v) is 4.71. The van der Waals surface area contributed by atoms with E-state index >= 15 is 0 Å². The number of alkyl halides is 1. The molecule has 0 radical (unpaired) electrons. The predicted molar refractivity (Wildman–Crippen MR) is 73.8 cm³/mol. The third-order valence-electron chi connectivity index (χ3n) is 3.49. The van der Waals surface area contributed by atoms with E-state index in [9.17, 15) is 4.39 Å². The van der Waals surface area contributed by atoms with Gasteiger partial charge in [0.2, 0.25) is 0 Å². The average molecular weight is 274 g/mol. The number of halogens is 2. The summed E-state index contributed by atoms with van der Waals surface area (Å²) in [6, 6.07) is 5.00. The summed E-state index contributed by atoms with van der Waals surface area (Å²) in [5, 5.41) is 3.42. The molecule has 0 saturated heterocycles. The number of hydrogen-bond donors (Lipinski definition) is 1. The molecule has 0 spiro atoms. The van der Waals surface area contributed by atoms with E-state index in [0.29, 0.717) is 12.4 Å². The molecule has 1 rings (SSSR count). The lowest BCUT2D eigenvalue weighted by Gasteiger charge is -2.31. The minimum absolute atomic E-state index is 0.0715. The van der Waals surface area contributed by atoms with Crippen LogP contribution in [0.15, 0.2) is 18.2 Å². The Hall–Kier alpha value is -0.800. The van der Waals surface area contributed by atoms with Gasteiger partial charge in [-0.25, -0.2) is 4.39 Å². The third kappa shape index (κ3) is 3.59. The molecule has 1 N–H and O–H groups in total. The van der Waals surface area contributed by atoms with Crippen LogP contribution in [0.25, 0.3) is 0 Å². The zero-order valence-corrected chi connectivity index (χ0v) is 12.0. The highest BCUT2D eigenvalue weighted by Crippen LogP contribution is 2.20. The van der Waals surface area contributed by atoms with Crippen LogP contribution in [0.4, 0.5) is 4.39 Å². The molecule has 102 valence electrons. The van der Waals surface area contributed by atoms with Crippen molar-refractivity contribution in [1.29, 1.82) is 0 Å². The minimum Gasteiger partial charge on any atom is -0.494 e. The zero-order chi connectivity index (χ0) is 13.6. The van der Waals surface area contributed by atoms with Crippen molar-refractivity contribution in [2.75, 3.05) is 13.0 Å². The number of methoxy groups -OCH3 is 1. The van der Waals surface area contributed by atoms with Gasteiger partial charge in [0.25, 0.3) is 0 Å². The number of rotatable bonds is 7. The Morgan fingerprint density at radius 3 is 2.44 bits per heavy atom. The molecule has 0 aliphatic carbocycles. The fourth-order valence-corrected chi connectivity index (χ4v) is 2.32. The molecule has 0 aliphatic rings. The Morgan fingerprint density at radius 2 is 2.00 bits per heavy atom. The maximum absolute atomic E-state index is 13.5. The molecule has 0 bridgehead atoms. The van der Waals surface area contributed by atoms with Crippen LogP contribution in [-0.4, -0.2) is 18.5 Å². The van der Waals surface area contributed by atoms with E-state index in [0.717, 1.165) is 18.4 Å². The number of benzene rings is 1. The molecule has 1 aromatic rings. The minimum atomic E-state index is -0.332. The van der Waals surface area contributed by atoms with Crippen molar-refractivity contribution in [3.05, 3.63) is 29.6 Å². The smallest absolute Gasteiger partial charge is 0.165 e. The summed E-state index contributed by atoms with van der Waals surface area (Å²) < 4.78 is 18.4. The first-order valence-corrected chi connectivity index (χ1v) is 6.77. The molecule has 0 saturated carbocycles. The van der Waals surface area contributed by atoms with E-state index in [-0.39, 0.29) is 17.1 Å². The first-order chi connectivity index (χ1) is 8.60. The monoisotopic (exact) mass is 273 g/mol. The lowest BCUT2D eigenvalue weighted by molar-refractivity contribution is 0.333. The SMILES string of the molecule is CCC(CC)(CCl)NCc1ccc(OC)c(F)c1. The van der Waals surface area contributed by atoms with Crippen LogP contribution in [-0.2, 0) is 6.54 Å². The van der Waals surface area contributed by atoms with Crippen molar-refractivity contribution in [3.8, 4) is 5.75 Å². The van der Waals surface area contributed by atoms with Crippen LogP contribution in [0.3, 0.4) is 0 Å². The Kier molecular flexibility index (Phi) is 5.89. The summed E-state index contributed by atoms with van der Waals surface area (Å²) in [5.74, 6) is 0.494. The lowest BCUT2D eigenvalue weighted by atomic mass is 9.95. The van der Waals surface area contributed by atoms with Crippen LogP contribution in [0.5, 0.6) is 5.75 Å². The van der Waals surface area contributed by atoms with Crippen molar-refractivity contribution in [2.45, 2.75) is 38.8 Å². The van der Waals surface area contributed by atoms with Crippen molar-refractivity contribution < 1.29 is 9.13 Å². The second-order valence-electron chi connectivity index (χ2n) is 4.44. The van der Waals surface area contributed by atoms with Crippen molar-refractivity contribution >= 4 is 11.6 Å². The van der Waals surface area contributed by atoms with Gasteiger partial charge in [-0.1, -0.05) is 19.9 Å². The van der Waals surface area contributed by atoms with E-state index < -0.39 is 0 Å². The quantitative estimate of drug-likeness (QED) is 0.765. The topological polar surface area (TPSA) is 21.3 Å². The fraction of sp³-hybridized carbons (Fsp3) is 0.571. The molecule has 0 fully saturated rings. The summed E-state index contributed by atoms with van der Waals surface area (Å²) in [4.78, 5) is 0. The van der Waals surface area contributed by atoms with E-state index in [1.807, 2.05) is 6.07 Å². The van der Waals surface area contributed by atoms with Crippen LogP contribution in [0.2, 0.25) is 0 Å². The molecule has 2 nitrogen and oxygen atoms in total. The summed E-state index contributed by atoms with van der Waals surface area (Å²) >= 11 is 6.01. The fourth-order valence-electron chi connectivity index (χ4n) is 1.85. The van der Waals surface area contributed by atoms with E-state index in [1.165, 1.54) is 13.2 Å². The van der Waals surface area contributed by atoms with Gasteiger partial charge in [0.05, 0.1) is 7.11 Å². The van der Waals surface area contributed by atoms with Crippen molar-refractivity contribution in [1.82, 2.24) is 5.32 Å². The summed E-state index contributed by atoms with van der Waals surface area (Å²) in [7, 11) is 1.46. The van der Waals surface area contributed by atoms with Crippen LogP contribution >= 0.6 is 11.6 Å². The molecule has 0 aliphatic heterocycles. The van der Waals surface area contributed by atoms with Crippen molar-refractivity contribution in [3.63, 3.8) is 0 Å². The number of nitrogens with one attached hydrogen (secondary N) is 1. The maximum atomic E-state index is 13.5. The van der Waals surface area contributed by atoms with Crippen LogP contribution in [0.1, 0.15) is 32.3 Å². The summed E-state index contributed by atoms with van der Waals surface area (Å²) in [5.41, 5.74) is 0.822. The lowest BCUT2D eigenvalue weighted by Crippen LogP contribution is -2.45. The Morgan fingerprint density at radius 1 is 1.33 bits per heavy atom. The van der Waals surface area contributed by atoms with Crippen molar-refractivity contribution in [2.24, 2.45) is 0 Å². The highest BCUT2D eigenvalue weighted by molar-refractivity contribution is 6.18. The third-order valence-corrected chi connectivity index (χ3v) is 4.00. The van der Waals surface area contributed by atoms with Gasteiger partial charge in [0.15, 0.2) is 11.6 Å². The summed E-state index contributed by atoms with van der Waals surface area (Å²) in [6.45, 7) is 4.82. The highest BCUT2D eigenvalue weighted by atomic mass is 35.5. The van der Waals surface area contributed by atoms with Crippen LogP contribution < -0.4 is 10.1 Å².